The molecule has 7 heteroatoms. The number of ether oxygens (including phenoxy) is 1. The molecule has 2 rings (SSSR count). The molecule has 0 saturated carbocycles. The highest BCUT2D eigenvalue weighted by molar-refractivity contribution is 5.95. The van der Waals surface area contributed by atoms with Crippen molar-refractivity contribution >= 4 is 22.8 Å². The number of carbonyl (C=O) groups excluding carboxylic acids is 1. The van der Waals surface area contributed by atoms with Crippen LogP contribution in [-0.4, -0.2) is 40.0 Å². The van der Waals surface area contributed by atoms with Crippen molar-refractivity contribution in [2.45, 2.75) is 19.3 Å². The number of hydrogen-bond acceptors (Lipinski definition) is 5. The van der Waals surface area contributed by atoms with Gasteiger partial charge < -0.3 is 14.8 Å². The molecule has 1 aromatic heterocycles. The van der Waals surface area contributed by atoms with E-state index in [1.165, 1.54) is 0 Å². The number of para-hydroxylation sites is 2. The Kier molecular flexibility index (Phi) is 5.37. The van der Waals surface area contributed by atoms with Gasteiger partial charge in [-0.2, -0.15) is 0 Å². The minimum absolute atomic E-state index is 0.0696. The number of benzene rings is 1. The molecule has 0 saturated heterocycles. The fraction of sp³-hybridized carbons (Fsp3) is 0.333. The number of nitrogens with one attached hydrogen (secondary N) is 1. The first kappa shape index (κ1) is 15.8. The molecule has 0 aliphatic heterocycles. The number of aromatic amines is 1. The van der Waals surface area contributed by atoms with Gasteiger partial charge in [0.05, 0.1) is 24.1 Å². The Morgan fingerprint density at radius 3 is 2.73 bits per heavy atom. The lowest BCUT2D eigenvalue weighted by Crippen LogP contribution is -2.20. The minimum Gasteiger partial charge on any atom is -0.481 e. The monoisotopic (exact) mass is 304 g/mol. The lowest BCUT2D eigenvalue weighted by atomic mass is 10.1. The number of aromatic nitrogens is 2. The van der Waals surface area contributed by atoms with Crippen LogP contribution in [0.25, 0.3) is 11.0 Å². The first-order valence-corrected chi connectivity index (χ1v) is 6.90. The summed E-state index contributed by atoms with van der Waals surface area (Å²) in [6.07, 6.45) is 0.466. The molecule has 0 bridgehead atoms. The van der Waals surface area contributed by atoms with E-state index in [-0.39, 0.29) is 37.5 Å². The van der Waals surface area contributed by atoms with Crippen molar-refractivity contribution in [3.63, 3.8) is 0 Å². The van der Waals surface area contributed by atoms with Crippen molar-refractivity contribution in [1.82, 2.24) is 9.97 Å². The van der Waals surface area contributed by atoms with Crippen molar-refractivity contribution < 1.29 is 19.4 Å². The van der Waals surface area contributed by atoms with Gasteiger partial charge in [-0.15, -0.1) is 0 Å². The van der Waals surface area contributed by atoms with Crippen LogP contribution in [0.1, 0.15) is 29.8 Å². The van der Waals surface area contributed by atoms with Gasteiger partial charge in [-0.25, -0.2) is 4.98 Å². The van der Waals surface area contributed by atoms with Crippen LogP contribution < -0.4 is 5.56 Å². The maximum atomic E-state index is 12.0. The van der Waals surface area contributed by atoms with E-state index in [1.54, 1.807) is 24.3 Å². The Hall–Kier alpha value is -2.54. The standard InChI is InChI=1S/C15H16N2O5/c18-12(6-3-8-22-9-7-13(19)20)14-15(21)17-11-5-2-1-4-10(11)16-14/h1-2,4-5H,3,6-9H2,(H,17,21)(H,19,20). The molecule has 0 amide bonds. The van der Waals surface area contributed by atoms with Crippen molar-refractivity contribution in [2.24, 2.45) is 0 Å². The lowest BCUT2D eigenvalue weighted by Gasteiger charge is -2.03. The van der Waals surface area contributed by atoms with Crippen molar-refractivity contribution in [1.29, 1.82) is 0 Å². The molecule has 0 spiro atoms. The number of hydrogen-bond donors (Lipinski definition) is 2. The minimum atomic E-state index is -0.928. The number of carboxylic acids is 1. The molecule has 7 nitrogen and oxygen atoms in total. The summed E-state index contributed by atoms with van der Waals surface area (Å²) >= 11 is 0. The number of rotatable bonds is 8. The number of carboxylic acid groups (broad SMARTS) is 1. The number of fused-ring (bicyclic) bond motifs is 1. The maximum absolute atomic E-state index is 12.0. The summed E-state index contributed by atoms with van der Waals surface area (Å²) < 4.78 is 5.09. The molecule has 0 atom stereocenters. The van der Waals surface area contributed by atoms with Crippen LogP contribution in [-0.2, 0) is 9.53 Å². The van der Waals surface area contributed by atoms with Gasteiger partial charge in [0, 0.05) is 13.0 Å². The van der Waals surface area contributed by atoms with E-state index < -0.39 is 11.5 Å². The number of carbonyl (C=O) groups is 2. The van der Waals surface area contributed by atoms with E-state index in [0.717, 1.165) is 0 Å². The van der Waals surface area contributed by atoms with Crippen LogP contribution in [0.4, 0.5) is 0 Å². The summed E-state index contributed by atoms with van der Waals surface area (Å²) in [7, 11) is 0. The lowest BCUT2D eigenvalue weighted by molar-refractivity contribution is -0.138. The van der Waals surface area contributed by atoms with Crippen LogP contribution in [0.15, 0.2) is 29.1 Å². The Balaban J connectivity index is 1.91. The number of ketones is 1. The zero-order valence-electron chi connectivity index (χ0n) is 11.9. The third kappa shape index (κ3) is 4.23. The van der Waals surface area contributed by atoms with Gasteiger partial charge in [0.15, 0.2) is 11.5 Å². The van der Waals surface area contributed by atoms with Gasteiger partial charge in [-0.3, -0.25) is 14.4 Å². The smallest absolute Gasteiger partial charge is 0.305 e. The van der Waals surface area contributed by atoms with Crippen molar-refractivity contribution in [3.8, 4) is 0 Å². The van der Waals surface area contributed by atoms with Crippen LogP contribution in [0.3, 0.4) is 0 Å². The Labute approximate surface area is 125 Å². The third-order valence-corrected chi connectivity index (χ3v) is 3.02. The SMILES string of the molecule is O=C(O)CCOCCCC(=O)c1nc2ccccc2[nH]c1=O. The fourth-order valence-electron chi connectivity index (χ4n) is 1.93. The molecule has 0 aliphatic carbocycles. The number of H-pyrrole nitrogens is 1. The van der Waals surface area contributed by atoms with E-state index in [9.17, 15) is 14.4 Å². The van der Waals surface area contributed by atoms with Crippen LogP contribution in [0, 0.1) is 0 Å². The zero-order valence-corrected chi connectivity index (χ0v) is 11.9. The van der Waals surface area contributed by atoms with E-state index in [4.69, 9.17) is 9.84 Å². The van der Waals surface area contributed by atoms with Gasteiger partial charge in [0.25, 0.3) is 5.56 Å². The summed E-state index contributed by atoms with van der Waals surface area (Å²) in [6.45, 7) is 0.378. The second kappa shape index (κ2) is 7.46. The molecule has 0 fully saturated rings. The molecule has 22 heavy (non-hydrogen) atoms. The first-order valence-electron chi connectivity index (χ1n) is 6.90. The highest BCUT2D eigenvalue weighted by Gasteiger charge is 2.13. The van der Waals surface area contributed by atoms with Crippen molar-refractivity contribution in [2.75, 3.05) is 13.2 Å². The van der Waals surface area contributed by atoms with E-state index >= 15 is 0 Å². The Morgan fingerprint density at radius 1 is 1.18 bits per heavy atom. The van der Waals surface area contributed by atoms with Crippen LogP contribution in [0.5, 0.6) is 0 Å². The molecule has 0 aliphatic rings. The normalized spacial score (nSPS) is 10.7. The Morgan fingerprint density at radius 2 is 1.95 bits per heavy atom. The average molecular weight is 304 g/mol. The van der Waals surface area contributed by atoms with Gasteiger partial charge in [-0.1, -0.05) is 12.1 Å². The summed E-state index contributed by atoms with van der Waals surface area (Å²) in [5, 5.41) is 8.44. The van der Waals surface area contributed by atoms with Gasteiger partial charge >= 0.3 is 5.97 Å². The van der Waals surface area contributed by atoms with E-state index in [2.05, 4.69) is 9.97 Å². The number of nitrogens with zero attached hydrogens (tertiary/aromatic N) is 1. The highest BCUT2D eigenvalue weighted by atomic mass is 16.5. The molecular weight excluding hydrogens is 288 g/mol. The predicted octanol–water partition coefficient (Wildman–Crippen LogP) is 1.38. The van der Waals surface area contributed by atoms with Gasteiger partial charge in [-0.05, 0) is 18.6 Å². The van der Waals surface area contributed by atoms with Crippen LogP contribution >= 0.6 is 0 Å². The quantitative estimate of drug-likeness (QED) is 0.563. The molecule has 2 aromatic rings. The summed E-state index contributed by atoms with van der Waals surface area (Å²) in [5.74, 6) is -1.28. The maximum Gasteiger partial charge on any atom is 0.305 e. The topological polar surface area (TPSA) is 109 Å². The van der Waals surface area contributed by atoms with Crippen molar-refractivity contribution in [3.05, 3.63) is 40.3 Å². The Bertz CT molecular complexity index is 738. The third-order valence-electron chi connectivity index (χ3n) is 3.02. The fourth-order valence-corrected chi connectivity index (χ4v) is 1.93. The predicted molar refractivity (Wildman–Crippen MR) is 79.0 cm³/mol. The first-order chi connectivity index (χ1) is 10.6. The average Bonchev–Trinajstić information content (AvgIpc) is 2.49. The highest BCUT2D eigenvalue weighted by Crippen LogP contribution is 2.07. The summed E-state index contributed by atoms with van der Waals surface area (Å²) in [4.78, 5) is 40.9. The number of aliphatic carboxylic acids is 1. The largest absolute Gasteiger partial charge is 0.481 e. The van der Waals surface area contributed by atoms with Gasteiger partial charge in [0.1, 0.15) is 0 Å². The molecule has 1 heterocycles. The second-order valence-electron chi connectivity index (χ2n) is 4.71. The van der Waals surface area contributed by atoms with E-state index in [1.807, 2.05) is 0 Å². The molecule has 1 aromatic carbocycles. The molecule has 0 radical (unpaired) electrons. The molecule has 2 N–H and O–H groups in total. The zero-order chi connectivity index (χ0) is 15.9. The molecule has 0 unspecified atom stereocenters. The van der Waals surface area contributed by atoms with E-state index in [0.29, 0.717) is 17.5 Å². The second-order valence-corrected chi connectivity index (χ2v) is 4.71. The number of Topliss-reactive ketones (excluding diaryl/α,β-unsaturated/α-hetero) is 1. The molecule has 116 valence electrons. The van der Waals surface area contributed by atoms with Gasteiger partial charge in [0.2, 0.25) is 0 Å². The summed E-state index contributed by atoms with van der Waals surface area (Å²) in [5.41, 5.74) is 0.531. The summed E-state index contributed by atoms with van der Waals surface area (Å²) in [6, 6.07) is 6.99. The van der Waals surface area contributed by atoms with Crippen LogP contribution in [0.2, 0.25) is 0 Å². The molecular formula is C15H16N2O5.